The van der Waals surface area contributed by atoms with Gasteiger partial charge in [-0.2, -0.15) is 0 Å². The van der Waals surface area contributed by atoms with Crippen LogP contribution in [0.4, 0.5) is 11.4 Å². The molecule has 0 saturated carbocycles. The first kappa shape index (κ1) is 22.6. The lowest BCUT2D eigenvalue weighted by atomic mass is 9.97. The van der Waals surface area contributed by atoms with E-state index in [1.807, 2.05) is 6.92 Å². The molecule has 150 valence electrons. The molecule has 0 fully saturated rings. The zero-order valence-electron chi connectivity index (χ0n) is 16.2. The van der Waals surface area contributed by atoms with Gasteiger partial charge >= 0.3 is 5.69 Å². The van der Waals surface area contributed by atoms with Crippen LogP contribution in [0.25, 0.3) is 0 Å². The molecule has 28 heavy (non-hydrogen) atoms. The minimum absolute atomic E-state index is 0.0551. The van der Waals surface area contributed by atoms with E-state index in [1.165, 1.54) is 38.1 Å². The number of ketones is 2. The highest BCUT2D eigenvalue weighted by molar-refractivity contribution is 5.83. The highest BCUT2D eigenvalue weighted by atomic mass is 16.6. The minimum atomic E-state index is -0.675. The van der Waals surface area contributed by atoms with E-state index in [9.17, 15) is 24.8 Å². The molecule has 2 aromatic carbocycles. The van der Waals surface area contributed by atoms with Crippen molar-refractivity contribution in [2.24, 2.45) is 0 Å². The predicted octanol–water partition coefficient (Wildman–Crippen LogP) is 3.66. The fourth-order valence-corrected chi connectivity index (χ4v) is 2.27. The predicted molar refractivity (Wildman–Crippen MR) is 105 cm³/mol. The minimum Gasteiger partial charge on any atom is -0.506 e. The third-order valence-electron chi connectivity index (χ3n) is 4.47. The van der Waals surface area contributed by atoms with Crippen molar-refractivity contribution < 1.29 is 24.7 Å². The number of nitrogen functional groups attached to an aromatic ring is 1. The van der Waals surface area contributed by atoms with Gasteiger partial charge in [0.15, 0.2) is 5.75 Å². The second-order valence-electron chi connectivity index (χ2n) is 6.49. The number of hydrogen-bond donors (Lipinski definition) is 3. The Hall–Kier alpha value is -3.42. The van der Waals surface area contributed by atoms with Gasteiger partial charge in [-0.05, 0) is 43.2 Å². The van der Waals surface area contributed by atoms with Crippen LogP contribution in [0.1, 0.15) is 50.7 Å². The van der Waals surface area contributed by atoms with Crippen molar-refractivity contribution in [2.75, 3.05) is 5.73 Å². The molecular weight excluding hydrogens is 364 g/mol. The van der Waals surface area contributed by atoms with Crippen molar-refractivity contribution in [1.82, 2.24) is 0 Å². The van der Waals surface area contributed by atoms with Crippen molar-refractivity contribution >= 4 is 22.9 Å². The molecule has 2 unspecified atom stereocenters. The molecular formula is C20H24N2O6. The number of Topliss-reactive ketones (excluding diaryl/α,β-unsaturated/α-hetero) is 2. The molecule has 0 amide bonds. The highest BCUT2D eigenvalue weighted by Gasteiger charge is 2.18. The first-order valence-corrected chi connectivity index (χ1v) is 8.52. The highest BCUT2D eigenvalue weighted by Crippen LogP contribution is 2.29. The monoisotopic (exact) mass is 388 g/mol. The van der Waals surface area contributed by atoms with Gasteiger partial charge in [0.05, 0.1) is 10.6 Å². The van der Waals surface area contributed by atoms with Crippen LogP contribution in [0.2, 0.25) is 0 Å². The molecule has 2 aromatic rings. The second-order valence-corrected chi connectivity index (χ2v) is 6.49. The van der Waals surface area contributed by atoms with Gasteiger partial charge in [-0.1, -0.05) is 26.0 Å². The Morgan fingerprint density at radius 2 is 1.36 bits per heavy atom. The number of aromatic hydroxyl groups is 2. The summed E-state index contributed by atoms with van der Waals surface area (Å²) in [6, 6.07) is 8.80. The fourth-order valence-electron chi connectivity index (χ4n) is 2.27. The summed E-state index contributed by atoms with van der Waals surface area (Å²) in [4.78, 5) is 32.0. The van der Waals surface area contributed by atoms with Crippen LogP contribution < -0.4 is 5.73 Å². The van der Waals surface area contributed by atoms with E-state index >= 15 is 0 Å². The van der Waals surface area contributed by atoms with Crippen LogP contribution in [-0.2, 0) is 9.59 Å². The van der Waals surface area contributed by atoms with Gasteiger partial charge in [0.2, 0.25) is 0 Å². The number of phenolic OH excluding ortho intramolecular Hbond substituents is 2. The maximum atomic E-state index is 11.1. The molecule has 8 nitrogen and oxygen atoms in total. The maximum Gasteiger partial charge on any atom is 0.310 e. The van der Waals surface area contributed by atoms with Crippen LogP contribution in [0.5, 0.6) is 11.5 Å². The van der Waals surface area contributed by atoms with Crippen LogP contribution in [0.3, 0.4) is 0 Å². The van der Waals surface area contributed by atoms with E-state index in [4.69, 9.17) is 10.8 Å². The number of phenols is 2. The van der Waals surface area contributed by atoms with E-state index in [0.29, 0.717) is 11.3 Å². The van der Waals surface area contributed by atoms with Crippen LogP contribution in [-0.4, -0.2) is 26.7 Å². The average molecular weight is 388 g/mol. The van der Waals surface area contributed by atoms with Crippen molar-refractivity contribution in [3.63, 3.8) is 0 Å². The molecule has 0 aliphatic heterocycles. The summed E-state index contributed by atoms with van der Waals surface area (Å²) >= 11 is 0. The van der Waals surface area contributed by atoms with Crippen LogP contribution >= 0.6 is 0 Å². The van der Waals surface area contributed by atoms with Gasteiger partial charge in [-0.25, -0.2) is 0 Å². The summed E-state index contributed by atoms with van der Waals surface area (Å²) in [6.07, 6.45) is 0. The molecule has 0 radical (unpaired) electrons. The van der Waals surface area contributed by atoms with E-state index in [1.54, 1.807) is 19.1 Å². The number of nitrogens with two attached hydrogens (primary N) is 1. The van der Waals surface area contributed by atoms with Crippen molar-refractivity contribution in [3.05, 3.63) is 57.6 Å². The van der Waals surface area contributed by atoms with E-state index < -0.39 is 10.8 Å². The SMILES string of the molecule is CC(=O)C(C)c1ccc(O)c(N)c1.CC(=O)C(C)c1ccc(O)c([N+](=O)[O-])c1. The van der Waals surface area contributed by atoms with Crippen molar-refractivity contribution in [3.8, 4) is 11.5 Å². The largest absolute Gasteiger partial charge is 0.506 e. The number of carbonyl (C=O) groups is 2. The van der Waals surface area contributed by atoms with E-state index in [-0.39, 0.29) is 34.7 Å². The Morgan fingerprint density at radius 3 is 1.75 bits per heavy atom. The lowest BCUT2D eigenvalue weighted by Crippen LogP contribution is -2.04. The number of carbonyl (C=O) groups excluding carboxylic acids is 2. The molecule has 0 saturated heterocycles. The van der Waals surface area contributed by atoms with Gasteiger partial charge in [-0.15, -0.1) is 0 Å². The Morgan fingerprint density at radius 1 is 0.929 bits per heavy atom. The summed E-state index contributed by atoms with van der Waals surface area (Å²) in [5.41, 5.74) is 6.80. The Balaban J connectivity index is 0.000000283. The van der Waals surface area contributed by atoms with E-state index in [0.717, 1.165) is 5.56 Å². The molecule has 0 aliphatic rings. The Labute approximate surface area is 162 Å². The second kappa shape index (κ2) is 9.50. The molecule has 0 heterocycles. The van der Waals surface area contributed by atoms with Crippen molar-refractivity contribution in [1.29, 1.82) is 0 Å². The fraction of sp³-hybridized carbons (Fsp3) is 0.300. The number of benzene rings is 2. The summed E-state index contributed by atoms with van der Waals surface area (Å²) in [5, 5.41) is 28.9. The zero-order chi connectivity index (χ0) is 21.6. The quantitative estimate of drug-likeness (QED) is 0.307. The first-order chi connectivity index (χ1) is 13.0. The number of anilines is 1. The first-order valence-electron chi connectivity index (χ1n) is 8.52. The third-order valence-corrected chi connectivity index (χ3v) is 4.47. The topological polar surface area (TPSA) is 144 Å². The normalized spacial score (nSPS) is 12.3. The third kappa shape index (κ3) is 5.80. The van der Waals surface area contributed by atoms with Gasteiger partial charge in [0.25, 0.3) is 0 Å². The van der Waals surface area contributed by atoms with Crippen molar-refractivity contribution in [2.45, 2.75) is 39.5 Å². The number of rotatable bonds is 5. The molecule has 0 aromatic heterocycles. The van der Waals surface area contributed by atoms with Gasteiger partial charge in [0, 0.05) is 17.9 Å². The summed E-state index contributed by atoms with van der Waals surface area (Å²) in [6.45, 7) is 6.43. The lowest BCUT2D eigenvalue weighted by Gasteiger charge is -2.08. The average Bonchev–Trinajstić information content (AvgIpc) is 2.63. The van der Waals surface area contributed by atoms with E-state index in [2.05, 4.69) is 0 Å². The van der Waals surface area contributed by atoms with Gasteiger partial charge in [0.1, 0.15) is 17.3 Å². The standard InChI is InChI=1S/C10H11NO4.C10H13NO2/c1-6(7(2)12)8-3-4-10(13)9(5-8)11(14)15;1-6(7(2)12)8-3-4-10(13)9(11)5-8/h3-6,13H,1-2H3;3-6,13H,11H2,1-2H3. The zero-order valence-corrected chi connectivity index (χ0v) is 16.2. The molecule has 4 N–H and O–H groups in total. The number of hydrogen-bond acceptors (Lipinski definition) is 7. The van der Waals surface area contributed by atoms with Crippen LogP contribution in [0.15, 0.2) is 36.4 Å². The summed E-state index contributed by atoms with van der Waals surface area (Å²) in [7, 11) is 0. The van der Waals surface area contributed by atoms with Crippen LogP contribution in [0, 0.1) is 10.1 Å². The molecule has 0 bridgehead atoms. The lowest BCUT2D eigenvalue weighted by molar-refractivity contribution is -0.385. The molecule has 0 spiro atoms. The van der Waals surface area contributed by atoms with Gasteiger partial charge in [-0.3, -0.25) is 19.7 Å². The Bertz CT molecular complexity index is 894. The number of nitro benzene ring substituents is 1. The molecule has 2 rings (SSSR count). The Kier molecular flexibility index (Phi) is 7.67. The molecule has 8 heteroatoms. The summed E-state index contributed by atoms with van der Waals surface area (Å²) < 4.78 is 0. The molecule has 2 atom stereocenters. The smallest absolute Gasteiger partial charge is 0.310 e. The maximum absolute atomic E-state index is 11.1. The summed E-state index contributed by atoms with van der Waals surface area (Å²) in [5.74, 6) is -0.883. The van der Waals surface area contributed by atoms with Gasteiger partial charge < -0.3 is 15.9 Å². The number of nitrogens with zero attached hydrogens (tertiary/aromatic N) is 1. The number of nitro groups is 1. The molecule has 0 aliphatic carbocycles.